The molecule has 0 aliphatic heterocycles. The highest BCUT2D eigenvalue weighted by atomic mass is 16.5. The van der Waals surface area contributed by atoms with E-state index >= 15 is 0 Å². The molecule has 1 aromatic rings. The third kappa shape index (κ3) is 5.85. The van der Waals surface area contributed by atoms with E-state index in [1.807, 2.05) is 24.3 Å². The number of hydrogen-bond donors (Lipinski definition) is 0. The van der Waals surface area contributed by atoms with Gasteiger partial charge >= 0.3 is 0 Å². The van der Waals surface area contributed by atoms with Gasteiger partial charge in [-0.05, 0) is 43.4 Å². The van der Waals surface area contributed by atoms with Gasteiger partial charge in [-0.25, -0.2) is 0 Å². The number of allylic oxidation sites excluding steroid dienone is 3. The lowest BCUT2D eigenvalue weighted by Crippen LogP contribution is -2.23. The molecule has 3 atom stereocenters. The molecule has 1 aliphatic rings. The molecule has 0 saturated carbocycles. The maximum absolute atomic E-state index is 10.6. The zero-order valence-electron chi connectivity index (χ0n) is 14.4. The lowest BCUT2D eigenvalue weighted by Gasteiger charge is -2.28. The summed E-state index contributed by atoms with van der Waals surface area (Å²) in [6.07, 6.45) is 8.26. The van der Waals surface area contributed by atoms with Gasteiger partial charge in [-0.2, -0.15) is 0 Å². The van der Waals surface area contributed by atoms with Crippen LogP contribution in [0.3, 0.4) is 0 Å². The molecule has 0 amide bonds. The van der Waals surface area contributed by atoms with Crippen LogP contribution in [0.15, 0.2) is 42.0 Å². The van der Waals surface area contributed by atoms with E-state index in [1.165, 1.54) is 11.6 Å². The Bertz CT molecular complexity index is 572. The Labute approximate surface area is 139 Å². The van der Waals surface area contributed by atoms with Crippen LogP contribution >= 0.6 is 0 Å². The van der Waals surface area contributed by atoms with Crippen LogP contribution in [-0.4, -0.2) is 19.7 Å². The van der Waals surface area contributed by atoms with E-state index in [-0.39, 0.29) is 5.92 Å². The van der Waals surface area contributed by atoms with Gasteiger partial charge in [0.25, 0.3) is 0 Å². The van der Waals surface area contributed by atoms with Crippen molar-refractivity contribution in [1.82, 2.24) is 0 Å². The minimum Gasteiger partial charge on any atom is -0.496 e. The summed E-state index contributed by atoms with van der Waals surface area (Å²) < 4.78 is 5.08. The fourth-order valence-corrected chi connectivity index (χ4v) is 2.74. The molecule has 1 aromatic carbocycles. The molecule has 0 bridgehead atoms. The lowest BCUT2D eigenvalue weighted by atomic mass is 9.76. The Balaban J connectivity index is 0.000000231. The number of carbonyl (C=O) groups excluding carboxylic acids is 2. The maximum atomic E-state index is 10.6. The molecule has 124 valence electrons. The normalized spacial score (nSPS) is 23.5. The molecule has 0 spiro atoms. The Hall–Kier alpha value is -2.16. The third-order valence-electron chi connectivity index (χ3n) is 4.28. The second kappa shape index (κ2) is 9.78. The zero-order valence-corrected chi connectivity index (χ0v) is 14.4. The number of hydrogen-bond acceptors (Lipinski definition) is 3. The molecule has 23 heavy (non-hydrogen) atoms. The van der Waals surface area contributed by atoms with Gasteiger partial charge in [-0.1, -0.05) is 43.7 Å². The number of methoxy groups -OCH3 is 1. The van der Waals surface area contributed by atoms with Gasteiger partial charge < -0.3 is 9.53 Å². The van der Waals surface area contributed by atoms with Gasteiger partial charge in [0, 0.05) is 11.5 Å². The molecule has 1 aliphatic carbocycles. The molecule has 0 aromatic heterocycles. The van der Waals surface area contributed by atoms with E-state index in [1.54, 1.807) is 13.2 Å². The molecular formula is C20H26O3. The van der Waals surface area contributed by atoms with Crippen LogP contribution in [0.25, 0.3) is 6.08 Å². The van der Waals surface area contributed by atoms with Gasteiger partial charge in [0.2, 0.25) is 0 Å². The van der Waals surface area contributed by atoms with Crippen molar-refractivity contribution in [3.05, 3.63) is 47.6 Å². The zero-order chi connectivity index (χ0) is 17.2. The Morgan fingerprint density at radius 3 is 2.48 bits per heavy atom. The van der Waals surface area contributed by atoms with Gasteiger partial charge in [0.05, 0.1) is 7.11 Å². The van der Waals surface area contributed by atoms with E-state index in [9.17, 15) is 9.59 Å². The van der Waals surface area contributed by atoms with Crippen molar-refractivity contribution in [2.45, 2.75) is 27.2 Å². The summed E-state index contributed by atoms with van der Waals surface area (Å²) >= 11 is 0. The van der Waals surface area contributed by atoms with Crippen molar-refractivity contribution in [3.8, 4) is 5.75 Å². The minimum atomic E-state index is 0.259. The lowest BCUT2D eigenvalue weighted by molar-refractivity contribution is -0.113. The van der Waals surface area contributed by atoms with Crippen LogP contribution in [0, 0.1) is 17.8 Å². The van der Waals surface area contributed by atoms with Crippen LogP contribution in [0.4, 0.5) is 0 Å². The molecule has 0 saturated heterocycles. The van der Waals surface area contributed by atoms with Crippen molar-refractivity contribution >= 4 is 18.6 Å². The van der Waals surface area contributed by atoms with E-state index < -0.39 is 0 Å². The van der Waals surface area contributed by atoms with Crippen molar-refractivity contribution in [2.75, 3.05) is 7.11 Å². The number of benzene rings is 1. The number of carbonyl (C=O) groups is 2. The standard InChI is InChI=1S/C10H10O2.C10H16O/c1-12-10-7-3-2-5-9(10)6-4-8-11;1-7-4-8(2)9(3)10(5-7)6-11/h2-8H,1H3;4,6,8-10H,5H2,1-3H3/b6-4+;. The molecule has 2 rings (SSSR count). The first kappa shape index (κ1) is 18.9. The summed E-state index contributed by atoms with van der Waals surface area (Å²) in [4.78, 5) is 20.7. The second-order valence-electron chi connectivity index (χ2n) is 5.97. The fraction of sp³-hybridized carbons (Fsp3) is 0.400. The van der Waals surface area contributed by atoms with E-state index in [0.717, 1.165) is 30.3 Å². The molecular weight excluding hydrogens is 288 g/mol. The van der Waals surface area contributed by atoms with Crippen molar-refractivity contribution < 1.29 is 14.3 Å². The summed E-state index contributed by atoms with van der Waals surface area (Å²) in [7, 11) is 1.60. The molecule has 0 fully saturated rings. The van der Waals surface area contributed by atoms with Crippen LogP contribution in [0.5, 0.6) is 5.75 Å². The van der Waals surface area contributed by atoms with Crippen molar-refractivity contribution in [1.29, 1.82) is 0 Å². The maximum Gasteiger partial charge on any atom is 0.142 e. The summed E-state index contributed by atoms with van der Waals surface area (Å²) in [5, 5.41) is 0. The van der Waals surface area contributed by atoms with Gasteiger partial charge in [-0.3, -0.25) is 4.79 Å². The SMILES string of the molecule is CC1=CC(C)C(C)C(C=O)C1.COc1ccccc1/C=C/C=O. The number of aldehydes is 2. The Kier molecular flexibility index (Phi) is 8.03. The topological polar surface area (TPSA) is 43.4 Å². The molecule has 0 N–H and O–H groups in total. The summed E-state index contributed by atoms with van der Waals surface area (Å²) in [6, 6.07) is 7.52. The first-order chi connectivity index (χ1) is 11.0. The Morgan fingerprint density at radius 1 is 1.17 bits per heavy atom. The predicted molar refractivity (Wildman–Crippen MR) is 94.3 cm³/mol. The van der Waals surface area contributed by atoms with Gasteiger partial charge in [-0.15, -0.1) is 0 Å². The predicted octanol–water partition coefficient (Wildman–Crippen LogP) is 4.33. The minimum absolute atomic E-state index is 0.259. The fourth-order valence-electron chi connectivity index (χ4n) is 2.74. The highest BCUT2D eigenvalue weighted by Crippen LogP contribution is 2.31. The largest absolute Gasteiger partial charge is 0.496 e. The molecule has 3 heteroatoms. The van der Waals surface area contributed by atoms with Crippen LogP contribution in [-0.2, 0) is 9.59 Å². The van der Waals surface area contributed by atoms with Gasteiger partial charge in [0.15, 0.2) is 0 Å². The van der Waals surface area contributed by atoms with Crippen molar-refractivity contribution in [2.24, 2.45) is 17.8 Å². The smallest absolute Gasteiger partial charge is 0.142 e. The first-order valence-corrected chi connectivity index (χ1v) is 7.90. The summed E-state index contributed by atoms with van der Waals surface area (Å²) in [6.45, 7) is 6.45. The molecule has 0 radical (unpaired) electrons. The number of rotatable bonds is 4. The second-order valence-corrected chi connectivity index (χ2v) is 5.97. The summed E-state index contributed by atoms with van der Waals surface area (Å²) in [5.74, 6) is 2.13. The highest BCUT2D eigenvalue weighted by Gasteiger charge is 2.25. The number of para-hydroxylation sites is 1. The van der Waals surface area contributed by atoms with Crippen LogP contribution < -0.4 is 4.74 Å². The average Bonchev–Trinajstić information content (AvgIpc) is 2.57. The van der Waals surface area contributed by atoms with Crippen LogP contribution in [0.2, 0.25) is 0 Å². The van der Waals surface area contributed by atoms with Crippen LogP contribution in [0.1, 0.15) is 32.8 Å². The third-order valence-corrected chi connectivity index (χ3v) is 4.28. The average molecular weight is 314 g/mol. The van der Waals surface area contributed by atoms with Gasteiger partial charge in [0.1, 0.15) is 18.3 Å². The quantitative estimate of drug-likeness (QED) is 0.472. The Morgan fingerprint density at radius 2 is 1.87 bits per heavy atom. The van der Waals surface area contributed by atoms with E-state index in [2.05, 4.69) is 26.8 Å². The highest BCUT2D eigenvalue weighted by molar-refractivity contribution is 5.75. The first-order valence-electron chi connectivity index (χ1n) is 7.90. The molecule has 3 nitrogen and oxygen atoms in total. The monoisotopic (exact) mass is 314 g/mol. The number of ether oxygens (including phenoxy) is 1. The van der Waals surface area contributed by atoms with E-state index in [4.69, 9.17) is 4.74 Å². The molecule has 0 heterocycles. The molecule has 3 unspecified atom stereocenters. The van der Waals surface area contributed by atoms with E-state index in [0.29, 0.717) is 11.8 Å². The van der Waals surface area contributed by atoms with Crippen molar-refractivity contribution in [3.63, 3.8) is 0 Å². The summed E-state index contributed by atoms with van der Waals surface area (Å²) in [5.41, 5.74) is 2.28.